The number of nitrogens with zero attached hydrogens (tertiary/aromatic N) is 1. The second kappa shape index (κ2) is 5.83. The standard InChI is InChI=1S/C11H15N3O3/c1-3-6-13-11(16)17-10-8(9(12)15)5-4-7(2)14-10/h4-5H,3,6H2,1-2H3,(H2,12,15)(H,13,16). The molecule has 1 heterocycles. The van der Waals surface area contributed by atoms with Crippen LogP contribution >= 0.6 is 0 Å². The van der Waals surface area contributed by atoms with Crippen molar-refractivity contribution in [2.45, 2.75) is 20.3 Å². The van der Waals surface area contributed by atoms with Crippen molar-refractivity contribution in [3.8, 4) is 5.88 Å². The van der Waals surface area contributed by atoms with Gasteiger partial charge in [0.2, 0.25) is 5.88 Å². The van der Waals surface area contributed by atoms with Crippen molar-refractivity contribution in [3.05, 3.63) is 23.4 Å². The van der Waals surface area contributed by atoms with E-state index in [1.165, 1.54) is 6.07 Å². The van der Waals surface area contributed by atoms with Crippen LogP contribution < -0.4 is 15.8 Å². The Labute approximate surface area is 99.2 Å². The molecule has 1 aromatic heterocycles. The molecule has 0 fully saturated rings. The molecule has 92 valence electrons. The minimum atomic E-state index is -0.684. The molecule has 3 N–H and O–H groups in total. The van der Waals surface area contributed by atoms with Crippen molar-refractivity contribution in [1.29, 1.82) is 0 Å². The number of pyridine rings is 1. The SMILES string of the molecule is CCCNC(=O)Oc1nc(C)ccc1C(N)=O. The molecule has 6 heteroatoms. The number of carbonyl (C=O) groups excluding carboxylic acids is 2. The number of ether oxygens (including phenoxy) is 1. The highest BCUT2D eigenvalue weighted by molar-refractivity contribution is 5.95. The molecule has 0 unspecified atom stereocenters. The van der Waals surface area contributed by atoms with Gasteiger partial charge in [-0.2, -0.15) is 0 Å². The number of rotatable bonds is 4. The third kappa shape index (κ3) is 3.75. The molecule has 1 aromatic rings. The Morgan fingerprint density at radius 3 is 2.76 bits per heavy atom. The zero-order valence-electron chi connectivity index (χ0n) is 9.82. The molecule has 0 saturated carbocycles. The topological polar surface area (TPSA) is 94.3 Å². The van der Waals surface area contributed by atoms with Crippen molar-refractivity contribution in [2.24, 2.45) is 5.73 Å². The molecule has 0 atom stereocenters. The Morgan fingerprint density at radius 2 is 2.18 bits per heavy atom. The van der Waals surface area contributed by atoms with Gasteiger partial charge in [0.1, 0.15) is 5.56 Å². The lowest BCUT2D eigenvalue weighted by Crippen LogP contribution is -2.28. The first-order valence-electron chi connectivity index (χ1n) is 5.27. The number of primary amides is 1. The lowest BCUT2D eigenvalue weighted by molar-refractivity contribution is 0.0997. The Bertz CT molecular complexity index is 432. The molecule has 1 rings (SSSR count). The van der Waals surface area contributed by atoms with Gasteiger partial charge in [0.25, 0.3) is 5.91 Å². The zero-order valence-corrected chi connectivity index (χ0v) is 9.82. The molecule has 2 amide bonds. The molecule has 0 aliphatic rings. The molecule has 0 aromatic carbocycles. The summed E-state index contributed by atoms with van der Waals surface area (Å²) in [5.74, 6) is -0.748. The van der Waals surface area contributed by atoms with Crippen LogP contribution in [0.25, 0.3) is 0 Å². The van der Waals surface area contributed by atoms with Crippen molar-refractivity contribution in [3.63, 3.8) is 0 Å². The first-order valence-corrected chi connectivity index (χ1v) is 5.27. The minimum Gasteiger partial charge on any atom is -0.390 e. The van der Waals surface area contributed by atoms with Crippen LogP contribution in [0.5, 0.6) is 5.88 Å². The van der Waals surface area contributed by atoms with Gasteiger partial charge >= 0.3 is 6.09 Å². The normalized spacial score (nSPS) is 9.76. The van der Waals surface area contributed by atoms with Crippen LogP contribution in [0.4, 0.5) is 4.79 Å². The number of aryl methyl sites for hydroxylation is 1. The fourth-order valence-electron chi connectivity index (χ4n) is 1.15. The molecular formula is C11H15N3O3. The van der Waals surface area contributed by atoms with E-state index >= 15 is 0 Å². The van der Waals surface area contributed by atoms with E-state index in [0.29, 0.717) is 12.2 Å². The number of hydrogen-bond acceptors (Lipinski definition) is 4. The van der Waals surface area contributed by atoms with Gasteiger partial charge in [-0.25, -0.2) is 9.78 Å². The summed E-state index contributed by atoms with van der Waals surface area (Å²) >= 11 is 0. The predicted molar refractivity (Wildman–Crippen MR) is 61.8 cm³/mol. The van der Waals surface area contributed by atoms with Gasteiger partial charge in [0, 0.05) is 12.2 Å². The summed E-state index contributed by atoms with van der Waals surface area (Å²) in [6, 6.07) is 3.10. The summed E-state index contributed by atoms with van der Waals surface area (Å²) in [5.41, 5.74) is 5.87. The molecule has 0 aliphatic carbocycles. The van der Waals surface area contributed by atoms with Crippen molar-refractivity contribution in [2.75, 3.05) is 6.54 Å². The number of nitrogens with two attached hydrogens (primary N) is 1. The maximum atomic E-state index is 11.3. The fourth-order valence-corrected chi connectivity index (χ4v) is 1.15. The van der Waals surface area contributed by atoms with E-state index in [1.807, 2.05) is 6.92 Å². The van der Waals surface area contributed by atoms with Gasteiger partial charge in [0.05, 0.1) is 0 Å². The Hall–Kier alpha value is -2.11. The highest BCUT2D eigenvalue weighted by Crippen LogP contribution is 2.15. The summed E-state index contributed by atoms with van der Waals surface area (Å²) in [5, 5.41) is 2.51. The molecule has 0 bridgehead atoms. The summed E-state index contributed by atoms with van der Waals surface area (Å²) in [6.45, 7) is 4.14. The first-order chi connectivity index (χ1) is 8.04. The van der Waals surface area contributed by atoms with Crippen molar-refractivity contribution < 1.29 is 14.3 Å². The van der Waals surface area contributed by atoms with Gasteiger partial charge in [-0.05, 0) is 25.5 Å². The molecule has 0 aliphatic heterocycles. The van der Waals surface area contributed by atoms with Crippen LogP contribution in [0.3, 0.4) is 0 Å². The van der Waals surface area contributed by atoms with E-state index in [-0.39, 0.29) is 11.4 Å². The number of carbonyl (C=O) groups is 2. The van der Waals surface area contributed by atoms with Gasteiger partial charge in [-0.15, -0.1) is 0 Å². The maximum absolute atomic E-state index is 11.3. The van der Waals surface area contributed by atoms with E-state index in [1.54, 1.807) is 13.0 Å². The van der Waals surface area contributed by atoms with E-state index in [2.05, 4.69) is 10.3 Å². The van der Waals surface area contributed by atoms with Gasteiger partial charge in [-0.3, -0.25) is 4.79 Å². The summed E-state index contributed by atoms with van der Waals surface area (Å²) < 4.78 is 4.93. The second-order valence-electron chi connectivity index (χ2n) is 3.49. The second-order valence-corrected chi connectivity index (χ2v) is 3.49. The average molecular weight is 237 g/mol. The fraction of sp³-hybridized carbons (Fsp3) is 0.364. The summed E-state index contributed by atoms with van der Waals surface area (Å²) in [6.07, 6.45) is 0.145. The third-order valence-corrected chi connectivity index (χ3v) is 1.97. The van der Waals surface area contributed by atoms with Gasteiger partial charge in [-0.1, -0.05) is 6.92 Å². The Morgan fingerprint density at radius 1 is 1.47 bits per heavy atom. The first kappa shape index (κ1) is 13.0. The quantitative estimate of drug-likeness (QED) is 0.816. The van der Waals surface area contributed by atoms with E-state index in [9.17, 15) is 9.59 Å². The predicted octanol–water partition coefficient (Wildman–Crippen LogP) is 0.987. The largest absolute Gasteiger partial charge is 0.413 e. The Balaban J connectivity index is 2.85. The van der Waals surface area contributed by atoms with Crippen LogP contribution in [0.15, 0.2) is 12.1 Å². The molecular weight excluding hydrogens is 222 g/mol. The minimum absolute atomic E-state index is 0.0638. The van der Waals surface area contributed by atoms with E-state index in [4.69, 9.17) is 10.5 Å². The van der Waals surface area contributed by atoms with Crippen LogP contribution in [-0.2, 0) is 0 Å². The lowest BCUT2D eigenvalue weighted by atomic mass is 10.2. The highest BCUT2D eigenvalue weighted by Gasteiger charge is 2.14. The molecule has 6 nitrogen and oxygen atoms in total. The van der Waals surface area contributed by atoms with Gasteiger partial charge in [0.15, 0.2) is 0 Å². The monoisotopic (exact) mass is 237 g/mol. The van der Waals surface area contributed by atoms with Gasteiger partial charge < -0.3 is 15.8 Å². The van der Waals surface area contributed by atoms with Crippen LogP contribution in [0, 0.1) is 6.92 Å². The molecule has 0 spiro atoms. The zero-order chi connectivity index (χ0) is 12.8. The molecule has 17 heavy (non-hydrogen) atoms. The smallest absolute Gasteiger partial charge is 0.390 e. The third-order valence-electron chi connectivity index (χ3n) is 1.97. The summed E-state index contributed by atoms with van der Waals surface area (Å²) in [4.78, 5) is 26.4. The van der Waals surface area contributed by atoms with Crippen molar-refractivity contribution in [1.82, 2.24) is 10.3 Å². The molecule has 0 radical (unpaired) electrons. The van der Waals surface area contributed by atoms with E-state index in [0.717, 1.165) is 6.42 Å². The van der Waals surface area contributed by atoms with Crippen molar-refractivity contribution >= 4 is 12.0 Å². The number of aromatic nitrogens is 1. The summed E-state index contributed by atoms with van der Waals surface area (Å²) in [7, 11) is 0. The lowest BCUT2D eigenvalue weighted by Gasteiger charge is -2.08. The van der Waals surface area contributed by atoms with Crippen LogP contribution in [0.1, 0.15) is 29.4 Å². The number of amides is 2. The number of hydrogen-bond donors (Lipinski definition) is 2. The maximum Gasteiger partial charge on any atom is 0.413 e. The van der Waals surface area contributed by atoms with Crippen LogP contribution in [-0.4, -0.2) is 23.5 Å². The van der Waals surface area contributed by atoms with Crippen LogP contribution in [0.2, 0.25) is 0 Å². The average Bonchev–Trinajstić information content (AvgIpc) is 2.26. The molecule has 0 saturated heterocycles. The highest BCUT2D eigenvalue weighted by atomic mass is 16.6. The van der Waals surface area contributed by atoms with E-state index < -0.39 is 12.0 Å². The number of nitrogens with one attached hydrogen (secondary N) is 1. The Kier molecular flexibility index (Phi) is 4.45.